The van der Waals surface area contributed by atoms with Crippen molar-refractivity contribution in [3.8, 4) is 5.75 Å². The largest absolute Gasteiger partial charge is 0.489 e. The number of benzene rings is 3. The van der Waals surface area contributed by atoms with E-state index in [0.29, 0.717) is 22.9 Å². The first kappa shape index (κ1) is 20.2. The Morgan fingerprint density at radius 2 is 1.55 bits per heavy atom. The van der Waals surface area contributed by atoms with Gasteiger partial charge >= 0.3 is 0 Å². The molecular formula is C23H19ClN2O3. The van der Waals surface area contributed by atoms with Gasteiger partial charge in [-0.25, -0.2) is 0 Å². The third kappa shape index (κ3) is 6.52. The summed E-state index contributed by atoms with van der Waals surface area (Å²) >= 11 is 5.81. The van der Waals surface area contributed by atoms with E-state index >= 15 is 0 Å². The molecule has 0 heterocycles. The molecule has 3 aromatic rings. The number of rotatable bonds is 6. The van der Waals surface area contributed by atoms with Crippen LogP contribution in [0.5, 0.6) is 5.75 Å². The maximum atomic E-state index is 12.1. The Balaban J connectivity index is 1.46. The molecule has 0 atom stereocenters. The van der Waals surface area contributed by atoms with Crippen molar-refractivity contribution in [1.82, 2.24) is 10.9 Å². The second-order valence-electron chi connectivity index (χ2n) is 6.13. The number of nitrogens with one attached hydrogen (secondary N) is 2. The lowest BCUT2D eigenvalue weighted by Crippen LogP contribution is -2.40. The molecule has 5 nitrogen and oxygen atoms in total. The molecule has 0 aromatic heterocycles. The highest BCUT2D eigenvalue weighted by Gasteiger charge is 2.06. The van der Waals surface area contributed by atoms with Crippen LogP contribution in [-0.4, -0.2) is 11.8 Å². The van der Waals surface area contributed by atoms with Crippen molar-refractivity contribution < 1.29 is 14.3 Å². The van der Waals surface area contributed by atoms with Gasteiger partial charge in [0.05, 0.1) is 0 Å². The first-order valence-corrected chi connectivity index (χ1v) is 9.29. The normalized spacial score (nSPS) is 10.5. The fourth-order valence-electron chi connectivity index (χ4n) is 2.42. The minimum Gasteiger partial charge on any atom is -0.489 e. The molecule has 0 radical (unpaired) electrons. The van der Waals surface area contributed by atoms with Gasteiger partial charge in [-0.2, -0.15) is 0 Å². The second kappa shape index (κ2) is 10.1. The van der Waals surface area contributed by atoms with Crippen molar-refractivity contribution in [1.29, 1.82) is 0 Å². The molecule has 0 spiro atoms. The van der Waals surface area contributed by atoms with E-state index in [4.69, 9.17) is 16.3 Å². The van der Waals surface area contributed by atoms with Crippen LogP contribution in [0.15, 0.2) is 84.9 Å². The van der Waals surface area contributed by atoms with E-state index in [0.717, 1.165) is 11.1 Å². The van der Waals surface area contributed by atoms with E-state index in [1.165, 1.54) is 6.08 Å². The van der Waals surface area contributed by atoms with Gasteiger partial charge in [-0.1, -0.05) is 54.1 Å². The molecule has 2 amide bonds. The molecule has 0 saturated carbocycles. The standard InChI is InChI=1S/C23H19ClN2O3/c24-20-11-6-17(7-12-20)8-15-22(27)25-26-23(28)19-9-13-21(14-10-19)29-16-18-4-2-1-3-5-18/h1-15H,16H2,(H,25,27)(H,26,28)/b15-8+. The molecule has 2 N–H and O–H groups in total. The van der Waals surface area contributed by atoms with Gasteiger partial charge in [-0.3, -0.25) is 20.4 Å². The molecular weight excluding hydrogens is 388 g/mol. The summed E-state index contributed by atoms with van der Waals surface area (Å²) in [5.41, 5.74) is 6.99. The summed E-state index contributed by atoms with van der Waals surface area (Å²) in [4.78, 5) is 24.0. The molecule has 0 unspecified atom stereocenters. The van der Waals surface area contributed by atoms with Gasteiger partial charge in [0.2, 0.25) is 0 Å². The van der Waals surface area contributed by atoms with E-state index in [9.17, 15) is 9.59 Å². The zero-order valence-electron chi connectivity index (χ0n) is 15.5. The summed E-state index contributed by atoms with van der Waals surface area (Å²) in [5.74, 6) is -0.218. The van der Waals surface area contributed by atoms with Crippen molar-refractivity contribution in [2.24, 2.45) is 0 Å². The Kier molecular flexibility index (Phi) is 7.03. The number of amides is 2. The SMILES string of the molecule is O=C(/C=C/c1ccc(Cl)cc1)NNC(=O)c1ccc(OCc2ccccc2)cc1. The summed E-state index contributed by atoms with van der Waals surface area (Å²) in [7, 11) is 0. The highest BCUT2D eigenvalue weighted by Crippen LogP contribution is 2.14. The molecule has 6 heteroatoms. The number of ether oxygens (including phenoxy) is 1. The van der Waals surface area contributed by atoms with Gasteiger partial charge in [-0.15, -0.1) is 0 Å². The first-order chi connectivity index (χ1) is 14.1. The minimum atomic E-state index is -0.448. The first-order valence-electron chi connectivity index (χ1n) is 8.91. The highest BCUT2D eigenvalue weighted by atomic mass is 35.5. The van der Waals surface area contributed by atoms with Crippen LogP contribution in [0, 0.1) is 0 Å². The van der Waals surface area contributed by atoms with Crippen LogP contribution in [0.2, 0.25) is 5.02 Å². The summed E-state index contributed by atoms with van der Waals surface area (Å²) in [6.07, 6.45) is 2.95. The van der Waals surface area contributed by atoms with Gasteiger partial charge in [0, 0.05) is 16.7 Å². The van der Waals surface area contributed by atoms with Crippen LogP contribution in [-0.2, 0) is 11.4 Å². The van der Waals surface area contributed by atoms with Crippen molar-refractivity contribution in [2.75, 3.05) is 0 Å². The molecule has 29 heavy (non-hydrogen) atoms. The third-order valence-corrected chi connectivity index (χ3v) is 4.21. The summed E-state index contributed by atoms with van der Waals surface area (Å²) in [6.45, 7) is 0.447. The Morgan fingerprint density at radius 1 is 0.862 bits per heavy atom. The molecule has 0 bridgehead atoms. The lowest BCUT2D eigenvalue weighted by atomic mass is 10.2. The average molecular weight is 407 g/mol. The van der Waals surface area contributed by atoms with Gasteiger partial charge in [0.25, 0.3) is 11.8 Å². The smallest absolute Gasteiger partial charge is 0.269 e. The molecule has 0 fully saturated rings. The number of carbonyl (C=O) groups is 2. The number of hydrogen-bond acceptors (Lipinski definition) is 3. The number of hydrogen-bond donors (Lipinski definition) is 2. The zero-order chi connectivity index (χ0) is 20.5. The molecule has 0 saturated heterocycles. The van der Waals surface area contributed by atoms with Crippen LogP contribution < -0.4 is 15.6 Å². The van der Waals surface area contributed by atoms with Gasteiger partial charge in [0.1, 0.15) is 12.4 Å². The molecule has 3 rings (SSSR count). The maximum absolute atomic E-state index is 12.1. The van der Waals surface area contributed by atoms with Crippen molar-refractivity contribution in [3.05, 3.63) is 107 Å². The second-order valence-corrected chi connectivity index (χ2v) is 6.56. The molecule has 0 aliphatic rings. The molecule has 3 aromatic carbocycles. The maximum Gasteiger partial charge on any atom is 0.269 e. The van der Waals surface area contributed by atoms with Crippen LogP contribution in [0.3, 0.4) is 0 Å². The van der Waals surface area contributed by atoms with Crippen LogP contribution in [0.1, 0.15) is 21.5 Å². The third-order valence-electron chi connectivity index (χ3n) is 3.96. The predicted molar refractivity (Wildman–Crippen MR) is 113 cm³/mol. The van der Waals surface area contributed by atoms with Crippen LogP contribution in [0.25, 0.3) is 6.08 Å². The molecule has 0 aliphatic carbocycles. The average Bonchev–Trinajstić information content (AvgIpc) is 2.76. The van der Waals surface area contributed by atoms with Gasteiger partial charge < -0.3 is 4.74 Å². The van der Waals surface area contributed by atoms with Crippen molar-refractivity contribution in [2.45, 2.75) is 6.61 Å². The highest BCUT2D eigenvalue weighted by molar-refractivity contribution is 6.30. The quantitative estimate of drug-likeness (QED) is 0.471. The van der Waals surface area contributed by atoms with E-state index in [2.05, 4.69) is 10.9 Å². The lowest BCUT2D eigenvalue weighted by Gasteiger charge is -2.08. The van der Waals surface area contributed by atoms with E-state index in [1.807, 2.05) is 30.3 Å². The van der Waals surface area contributed by atoms with Crippen molar-refractivity contribution in [3.63, 3.8) is 0 Å². The number of carbonyl (C=O) groups excluding carboxylic acids is 2. The van der Waals surface area contributed by atoms with E-state index in [1.54, 1.807) is 54.6 Å². The number of hydrazine groups is 1. The van der Waals surface area contributed by atoms with Crippen molar-refractivity contribution >= 4 is 29.5 Å². The zero-order valence-corrected chi connectivity index (χ0v) is 16.2. The van der Waals surface area contributed by atoms with Gasteiger partial charge in [0.15, 0.2) is 0 Å². The molecule has 0 aliphatic heterocycles. The Bertz CT molecular complexity index is 985. The lowest BCUT2D eigenvalue weighted by molar-refractivity contribution is -0.117. The Hall–Kier alpha value is -3.57. The van der Waals surface area contributed by atoms with E-state index in [-0.39, 0.29) is 0 Å². The van der Waals surface area contributed by atoms with Crippen LogP contribution >= 0.6 is 11.6 Å². The number of halogens is 1. The summed E-state index contributed by atoms with van der Waals surface area (Å²) in [5, 5.41) is 0.621. The predicted octanol–water partition coefficient (Wildman–Crippen LogP) is 4.39. The monoisotopic (exact) mass is 406 g/mol. The van der Waals surface area contributed by atoms with E-state index < -0.39 is 11.8 Å². The summed E-state index contributed by atoms with van der Waals surface area (Å²) in [6, 6.07) is 23.5. The van der Waals surface area contributed by atoms with Crippen LogP contribution in [0.4, 0.5) is 0 Å². The fourth-order valence-corrected chi connectivity index (χ4v) is 2.55. The Morgan fingerprint density at radius 3 is 2.24 bits per heavy atom. The minimum absolute atomic E-state index is 0.402. The topological polar surface area (TPSA) is 67.4 Å². The Labute approximate surface area is 173 Å². The molecule has 146 valence electrons. The van der Waals surface area contributed by atoms with Gasteiger partial charge in [-0.05, 0) is 53.6 Å². The fraction of sp³-hybridized carbons (Fsp3) is 0.0435. The summed E-state index contributed by atoms with van der Waals surface area (Å²) < 4.78 is 5.69.